The molecule has 152 valence electrons. The minimum atomic E-state index is -1.69. The summed E-state index contributed by atoms with van der Waals surface area (Å²) in [6.07, 6.45) is 1.69. The van der Waals surface area contributed by atoms with Crippen molar-refractivity contribution >= 4 is 23.8 Å². The Labute approximate surface area is 157 Å². The maximum Gasteiger partial charge on any atom is 0.340 e. The lowest BCUT2D eigenvalue weighted by molar-refractivity contribution is -0.167. The van der Waals surface area contributed by atoms with E-state index >= 15 is 0 Å². The van der Waals surface area contributed by atoms with Crippen molar-refractivity contribution in [1.29, 1.82) is 0 Å². The fourth-order valence-electron chi connectivity index (χ4n) is 4.38. The average molecular weight is 384 g/mol. The normalized spacial score (nSPS) is 30.3. The van der Waals surface area contributed by atoms with Crippen LogP contribution >= 0.6 is 0 Å². The standard InChI is InChI=1S/C18H28N2O7/c1-17(2)9-5-6-18(17,3)11(7-9)27-16(25)13(15(24)26-4)20-14(23)10(19)8-12(21)22/h9-11,13H,5-8,19H2,1-4H3,(H,20,23)(H,21,22)/t9?,10-,11?,13?,18?/m0/s1. The summed E-state index contributed by atoms with van der Waals surface area (Å²) in [5, 5.41) is 10.9. The summed E-state index contributed by atoms with van der Waals surface area (Å²) in [4.78, 5) is 47.3. The molecule has 9 nitrogen and oxygen atoms in total. The van der Waals surface area contributed by atoms with Crippen molar-refractivity contribution in [3.63, 3.8) is 0 Å². The van der Waals surface area contributed by atoms with Crippen molar-refractivity contribution < 1.29 is 33.8 Å². The van der Waals surface area contributed by atoms with E-state index in [1.165, 1.54) is 0 Å². The molecule has 2 rings (SSSR count). The third-order valence-electron chi connectivity index (χ3n) is 6.66. The lowest BCUT2D eigenvalue weighted by Gasteiger charge is -2.38. The molecule has 27 heavy (non-hydrogen) atoms. The first-order chi connectivity index (χ1) is 12.4. The molecule has 0 aromatic heterocycles. The summed E-state index contributed by atoms with van der Waals surface area (Å²) in [7, 11) is 1.08. The van der Waals surface area contributed by atoms with Crippen molar-refractivity contribution in [2.75, 3.05) is 7.11 Å². The molecular formula is C18H28N2O7. The van der Waals surface area contributed by atoms with Gasteiger partial charge in [0, 0.05) is 5.41 Å². The first-order valence-electron chi connectivity index (χ1n) is 9.00. The molecule has 0 aromatic rings. The first kappa shape index (κ1) is 21.1. The number of esters is 2. The van der Waals surface area contributed by atoms with E-state index in [1.807, 2.05) is 0 Å². The number of carbonyl (C=O) groups is 4. The van der Waals surface area contributed by atoms with E-state index in [0.717, 1.165) is 20.0 Å². The number of nitrogens with two attached hydrogens (primary N) is 1. The fraction of sp³-hybridized carbons (Fsp3) is 0.778. The topological polar surface area (TPSA) is 145 Å². The van der Waals surface area contributed by atoms with Crippen molar-refractivity contribution in [3.8, 4) is 0 Å². The third-order valence-corrected chi connectivity index (χ3v) is 6.66. The van der Waals surface area contributed by atoms with Gasteiger partial charge >= 0.3 is 17.9 Å². The number of carbonyl (C=O) groups excluding carboxylic acids is 3. The molecule has 2 saturated carbocycles. The van der Waals surface area contributed by atoms with Crippen LogP contribution in [-0.2, 0) is 28.7 Å². The summed E-state index contributed by atoms with van der Waals surface area (Å²) < 4.78 is 10.2. The number of carboxylic acids is 1. The lowest BCUT2D eigenvalue weighted by atomic mass is 9.70. The van der Waals surface area contributed by atoms with Gasteiger partial charge in [0.15, 0.2) is 0 Å². The minimum absolute atomic E-state index is 0.00575. The highest BCUT2D eigenvalue weighted by molar-refractivity contribution is 6.03. The summed E-state index contributed by atoms with van der Waals surface area (Å²) in [5.74, 6) is -3.71. The van der Waals surface area contributed by atoms with E-state index in [1.54, 1.807) is 0 Å². The molecule has 0 radical (unpaired) electrons. The average Bonchev–Trinajstić information content (AvgIpc) is 2.91. The van der Waals surface area contributed by atoms with Gasteiger partial charge < -0.3 is 25.6 Å². The monoisotopic (exact) mass is 384 g/mol. The highest BCUT2D eigenvalue weighted by atomic mass is 16.6. The number of amides is 1. The van der Waals surface area contributed by atoms with Crippen LogP contribution in [0.5, 0.6) is 0 Å². The molecule has 4 unspecified atom stereocenters. The third kappa shape index (κ3) is 3.78. The summed E-state index contributed by atoms with van der Waals surface area (Å²) in [6, 6.07) is -3.09. The quantitative estimate of drug-likeness (QED) is 0.417. The van der Waals surface area contributed by atoms with Gasteiger partial charge in [-0.05, 0) is 30.6 Å². The van der Waals surface area contributed by atoms with Crippen molar-refractivity contribution in [3.05, 3.63) is 0 Å². The Morgan fingerprint density at radius 3 is 2.30 bits per heavy atom. The van der Waals surface area contributed by atoms with Gasteiger partial charge in [-0.2, -0.15) is 0 Å². The van der Waals surface area contributed by atoms with Gasteiger partial charge in [-0.25, -0.2) is 9.59 Å². The first-order valence-corrected chi connectivity index (χ1v) is 9.00. The Morgan fingerprint density at radius 1 is 1.22 bits per heavy atom. The van der Waals surface area contributed by atoms with E-state index in [4.69, 9.17) is 15.6 Å². The van der Waals surface area contributed by atoms with Crippen LogP contribution in [0.4, 0.5) is 0 Å². The number of fused-ring (bicyclic) bond motifs is 2. The number of methoxy groups -OCH3 is 1. The molecule has 4 N–H and O–H groups in total. The highest BCUT2D eigenvalue weighted by Crippen LogP contribution is 2.66. The maximum atomic E-state index is 12.6. The van der Waals surface area contributed by atoms with Crippen molar-refractivity contribution in [2.45, 2.75) is 64.6 Å². The summed E-state index contributed by atoms with van der Waals surface area (Å²) >= 11 is 0. The Balaban J connectivity index is 2.09. The van der Waals surface area contributed by atoms with Crippen LogP contribution in [0.3, 0.4) is 0 Å². The number of ether oxygens (including phenoxy) is 2. The number of rotatable bonds is 7. The molecule has 9 heteroatoms. The van der Waals surface area contributed by atoms with E-state index in [0.29, 0.717) is 12.3 Å². The molecule has 1 amide bonds. The number of hydrogen-bond donors (Lipinski definition) is 3. The molecule has 0 aliphatic heterocycles. The van der Waals surface area contributed by atoms with Crippen molar-refractivity contribution in [2.24, 2.45) is 22.5 Å². The molecule has 0 saturated heterocycles. The molecule has 0 spiro atoms. The van der Waals surface area contributed by atoms with Crippen LogP contribution < -0.4 is 11.1 Å². The molecule has 5 atom stereocenters. The second kappa shape index (κ2) is 7.46. The highest BCUT2D eigenvalue weighted by Gasteiger charge is 2.63. The lowest BCUT2D eigenvalue weighted by Crippen LogP contribution is -2.54. The molecule has 2 aliphatic rings. The SMILES string of the molecule is COC(=O)C(NC(=O)[C@@H](N)CC(=O)O)C(=O)OC1CC2CCC1(C)C2(C)C. The second-order valence-electron chi connectivity index (χ2n) is 8.21. The zero-order chi connectivity index (χ0) is 20.6. The molecule has 0 aromatic carbocycles. The van der Waals surface area contributed by atoms with Crippen LogP contribution in [0.15, 0.2) is 0 Å². The van der Waals surface area contributed by atoms with Gasteiger partial charge in [0.2, 0.25) is 11.9 Å². The van der Waals surface area contributed by atoms with Crippen LogP contribution in [0.1, 0.15) is 46.5 Å². The Morgan fingerprint density at radius 2 is 1.85 bits per heavy atom. The molecule has 2 bridgehead atoms. The van der Waals surface area contributed by atoms with E-state index in [9.17, 15) is 19.2 Å². The van der Waals surface area contributed by atoms with E-state index < -0.39 is 42.3 Å². The van der Waals surface area contributed by atoms with E-state index in [-0.39, 0.29) is 16.9 Å². The van der Waals surface area contributed by atoms with E-state index in [2.05, 4.69) is 30.8 Å². The zero-order valence-electron chi connectivity index (χ0n) is 16.1. The summed E-state index contributed by atoms with van der Waals surface area (Å²) in [5.41, 5.74) is 5.28. The zero-order valence-corrected chi connectivity index (χ0v) is 16.1. The predicted molar refractivity (Wildman–Crippen MR) is 93.3 cm³/mol. The predicted octanol–water partition coefficient (Wildman–Crippen LogP) is 0.204. The smallest absolute Gasteiger partial charge is 0.340 e. The molecule has 2 fully saturated rings. The van der Waals surface area contributed by atoms with Gasteiger partial charge in [0.05, 0.1) is 19.6 Å². The Bertz CT molecular complexity index is 648. The van der Waals surface area contributed by atoms with Crippen molar-refractivity contribution in [1.82, 2.24) is 5.32 Å². The Kier molecular flexibility index (Phi) is 5.84. The summed E-state index contributed by atoms with van der Waals surface area (Å²) in [6.45, 7) is 6.39. The number of hydrogen-bond acceptors (Lipinski definition) is 7. The molecule has 0 heterocycles. The van der Waals surface area contributed by atoms with Crippen LogP contribution in [0.25, 0.3) is 0 Å². The maximum absolute atomic E-state index is 12.6. The second-order valence-corrected chi connectivity index (χ2v) is 8.21. The van der Waals surface area contributed by atoms with Crippen LogP contribution in [0, 0.1) is 16.7 Å². The van der Waals surface area contributed by atoms with Gasteiger partial charge in [-0.1, -0.05) is 20.8 Å². The largest absolute Gasteiger partial charge is 0.481 e. The van der Waals surface area contributed by atoms with Crippen LogP contribution in [-0.4, -0.2) is 54.2 Å². The molecule has 2 aliphatic carbocycles. The van der Waals surface area contributed by atoms with Crippen LogP contribution in [0.2, 0.25) is 0 Å². The number of carboxylic acid groups (broad SMARTS) is 1. The van der Waals surface area contributed by atoms with Gasteiger partial charge in [-0.3, -0.25) is 9.59 Å². The fourth-order valence-corrected chi connectivity index (χ4v) is 4.38. The van der Waals surface area contributed by atoms with Gasteiger partial charge in [0.1, 0.15) is 6.10 Å². The number of aliphatic carboxylic acids is 1. The van der Waals surface area contributed by atoms with Gasteiger partial charge in [0.25, 0.3) is 0 Å². The molecular weight excluding hydrogens is 356 g/mol. The van der Waals surface area contributed by atoms with Gasteiger partial charge in [-0.15, -0.1) is 0 Å². The minimum Gasteiger partial charge on any atom is -0.481 e. The number of nitrogens with one attached hydrogen (secondary N) is 1. The Hall–Kier alpha value is -2.16.